The highest BCUT2D eigenvalue weighted by Crippen LogP contribution is 2.22. The molecule has 4 N–H and O–H groups in total. The van der Waals surface area contributed by atoms with Gasteiger partial charge in [0.1, 0.15) is 5.75 Å². The van der Waals surface area contributed by atoms with Crippen LogP contribution in [0.25, 0.3) is 0 Å². The summed E-state index contributed by atoms with van der Waals surface area (Å²) in [5.41, 5.74) is 12.2. The molecule has 30 heavy (non-hydrogen) atoms. The fraction of sp³-hybridized carbons (Fsp3) is 0.240. The van der Waals surface area contributed by atoms with Crippen LogP contribution in [0.5, 0.6) is 5.75 Å². The molecular formula is C25H27ClN2O2. The predicted molar refractivity (Wildman–Crippen MR) is 122 cm³/mol. The van der Waals surface area contributed by atoms with E-state index < -0.39 is 6.04 Å². The van der Waals surface area contributed by atoms with Gasteiger partial charge in [-0.25, -0.2) is 0 Å². The molecule has 0 fully saturated rings. The Hall–Kier alpha value is -2.82. The van der Waals surface area contributed by atoms with E-state index in [1.807, 2.05) is 50.2 Å². The Morgan fingerprint density at radius 3 is 2.37 bits per heavy atom. The van der Waals surface area contributed by atoms with Crippen LogP contribution in [0.3, 0.4) is 0 Å². The Bertz CT molecular complexity index is 1010. The van der Waals surface area contributed by atoms with Crippen molar-refractivity contribution in [3.8, 4) is 5.75 Å². The largest absolute Gasteiger partial charge is 0.508 e. The average Bonchev–Trinajstić information content (AvgIpc) is 2.71. The van der Waals surface area contributed by atoms with Gasteiger partial charge in [0, 0.05) is 11.6 Å². The van der Waals surface area contributed by atoms with Crippen molar-refractivity contribution in [1.29, 1.82) is 0 Å². The Morgan fingerprint density at radius 1 is 1.03 bits per heavy atom. The second-order valence-electron chi connectivity index (χ2n) is 7.67. The van der Waals surface area contributed by atoms with Gasteiger partial charge in [-0.15, -0.1) is 0 Å². The quantitative estimate of drug-likeness (QED) is 0.527. The maximum Gasteiger partial charge on any atom is 0.237 e. The minimum atomic E-state index is -0.682. The zero-order chi connectivity index (χ0) is 21.7. The van der Waals surface area contributed by atoms with Crippen LogP contribution in [0.1, 0.15) is 33.4 Å². The van der Waals surface area contributed by atoms with E-state index in [1.54, 1.807) is 12.1 Å². The molecule has 0 bridgehead atoms. The molecule has 4 nitrogen and oxygen atoms in total. The van der Waals surface area contributed by atoms with Gasteiger partial charge in [0.25, 0.3) is 0 Å². The molecule has 3 rings (SSSR count). The van der Waals surface area contributed by atoms with Crippen LogP contribution in [0, 0.1) is 13.8 Å². The van der Waals surface area contributed by atoms with E-state index in [1.165, 1.54) is 5.56 Å². The highest BCUT2D eigenvalue weighted by atomic mass is 35.5. The van der Waals surface area contributed by atoms with Gasteiger partial charge in [-0.05, 0) is 78.3 Å². The summed E-state index contributed by atoms with van der Waals surface area (Å²) in [6, 6.07) is 18.8. The van der Waals surface area contributed by atoms with Gasteiger partial charge in [-0.2, -0.15) is 0 Å². The molecule has 0 saturated heterocycles. The minimum absolute atomic E-state index is 0.219. The summed E-state index contributed by atoms with van der Waals surface area (Å²) >= 11 is 6.34. The maximum atomic E-state index is 12.6. The zero-order valence-electron chi connectivity index (χ0n) is 17.3. The number of hydrogen-bond acceptors (Lipinski definition) is 3. The van der Waals surface area contributed by atoms with Crippen LogP contribution in [0.4, 0.5) is 0 Å². The fourth-order valence-electron chi connectivity index (χ4n) is 3.62. The number of rotatable bonds is 7. The van der Waals surface area contributed by atoms with Gasteiger partial charge < -0.3 is 16.2 Å². The van der Waals surface area contributed by atoms with E-state index in [2.05, 4.69) is 17.4 Å². The topological polar surface area (TPSA) is 75.3 Å². The number of hydrogen-bond donors (Lipinski definition) is 3. The number of amides is 1. The summed E-state index contributed by atoms with van der Waals surface area (Å²) in [4.78, 5) is 12.6. The van der Waals surface area contributed by atoms with Crippen LogP contribution in [-0.4, -0.2) is 17.1 Å². The SMILES string of the molecule is Cc1cc(O)cc(C)c1C[C@H](N)C(=O)NCc1cc(Cc2ccccc2)ccc1Cl. The van der Waals surface area contributed by atoms with Crippen molar-refractivity contribution < 1.29 is 9.90 Å². The lowest BCUT2D eigenvalue weighted by molar-refractivity contribution is -0.122. The molecule has 5 heteroatoms. The van der Waals surface area contributed by atoms with Gasteiger partial charge in [0.05, 0.1) is 6.04 Å². The Kier molecular flexibility index (Phi) is 7.14. The van der Waals surface area contributed by atoms with Crippen molar-refractivity contribution in [3.63, 3.8) is 0 Å². The second kappa shape index (κ2) is 9.79. The molecule has 3 aromatic rings. The van der Waals surface area contributed by atoms with Crippen molar-refractivity contribution in [1.82, 2.24) is 5.32 Å². The standard InChI is InChI=1S/C25H27ClN2O2/c1-16-10-21(29)11-17(2)22(16)14-24(27)25(30)28-15-20-13-19(8-9-23(20)26)12-18-6-4-3-5-7-18/h3-11,13,24,29H,12,14-15,27H2,1-2H3,(H,28,30)/t24-/m0/s1. The number of nitrogens with one attached hydrogen (secondary N) is 1. The molecule has 0 spiro atoms. The van der Waals surface area contributed by atoms with Crippen molar-refractivity contribution in [3.05, 3.63) is 99.1 Å². The molecule has 156 valence electrons. The number of aryl methyl sites for hydroxylation is 2. The third-order valence-corrected chi connectivity index (χ3v) is 5.62. The van der Waals surface area contributed by atoms with Crippen LogP contribution in [-0.2, 0) is 24.2 Å². The number of halogens is 1. The molecule has 0 aliphatic rings. The first-order valence-electron chi connectivity index (χ1n) is 9.97. The van der Waals surface area contributed by atoms with Crippen LogP contribution in [0.2, 0.25) is 5.02 Å². The zero-order valence-corrected chi connectivity index (χ0v) is 18.0. The number of aromatic hydroxyl groups is 1. The van der Waals surface area contributed by atoms with Gasteiger partial charge in [0.15, 0.2) is 0 Å². The second-order valence-corrected chi connectivity index (χ2v) is 8.08. The lowest BCUT2D eigenvalue weighted by atomic mass is 9.96. The monoisotopic (exact) mass is 422 g/mol. The van der Waals surface area contributed by atoms with Crippen LogP contribution in [0.15, 0.2) is 60.7 Å². The fourth-order valence-corrected chi connectivity index (χ4v) is 3.81. The third kappa shape index (κ3) is 5.62. The first-order chi connectivity index (χ1) is 14.3. The molecule has 0 unspecified atom stereocenters. The molecule has 1 atom stereocenters. The number of nitrogens with two attached hydrogens (primary N) is 1. The Balaban J connectivity index is 1.63. The average molecular weight is 423 g/mol. The van der Waals surface area contributed by atoms with E-state index >= 15 is 0 Å². The maximum absolute atomic E-state index is 12.6. The van der Waals surface area contributed by atoms with Crippen molar-refractivity contribution in [2.45, 2.75) is 39.3 Å². The third-order valence-electron chi connectivity index (χ3n) is 5.26. The molecule has 0 aliphatic carbocycles. The van der Waals surface area contributed by atoms with E-state index in [0.717, 1.165) is 34.2 Å². The Morgan fingerprint density at radius 2 is 1.70 bits per heavy atom. The highest BCUT2D eigenvalue weighted by Gasteiger charge is 2.17. The van der Waals surface area contributed by atoms with Crippen LogP contribution < -0.4 is 11.1 Å². The summed E-state index contributed by atoms with van der Waals surface area (Å²) in [5.74, 6) is -0.0109. The number of carbonyl (C=O) groups excluding carboxylic acids is 1. The van der Waals surface area contributed by atoms with Crippen molar-refractivity contribution in [2.75, 3.05) is 0 Å². The van der Waals surface area contributed by atoms with E-state index in [0.29, 0.717) is 18.0 Å². The van der Waals surface area contributed by atoms with E-state index in [9.17, 15) is 9.90 Å². The summed E-state index contributed by atoms with van der Waals surface area (Å²) in [5, 5.41) is 13.2. The van der Waals surface area contributed by atoms with E-state index in [-0.39, 0.29) is 11.7 Å². The minimum Gasteiger partial charge on any atom is -0.508 e. The number of benzene rings is 3. The molecule has 1 amide bonds. The smallest absolute Gasteiger partial charge is 0.237 e. The molecule has 0 heterocycles. The molecular weight excluding hydrogens is 396 g/mol. The van der Waals surface area contributed by atoms with Gasteiger partial charge in [0.2, 0.25) is 5.91 Å². The molecule has 0 saturated carbocycles. The van der Waals surface area contributed by atoms with Gasteiger partial charge >= 0.3 is 0 Å². The molecule has 0 aromatic heterocycles. The lowest BCUT2D eigenvalue weighted by Gasteiger charge is -2.17. The van der Waals surface area contributed by atoms with Crippen LogP contribution >= 0.6 is 11.6 Å². The number of phenolic OH excluding ortho intramolecular Hbond substituents is 1. The van der Waals surface area contributed by atoms with Crippen molar-refractivity contribution in [2.24, 2.45) is 5.73 Å². The Labute approximate surface area is 182 Å². The normalized spacial score (nSPS) is 11.9. The first kappa shape index (κ1) is 21.9. The summed E-state index contributed by atoms with van der Waals surface area (Å²) in [7, 11) is 0. The predicted octanol–water partition coefficient (Wildman–Crippen LogP) is 4.44. The lowest BCUT2D eigenvalue weighted by Crippen LogP contribution is -2.42. The first-order valence-corrected chi connectivity index (χ1v) is 10.3. The highest BCUT2D eigenvalue weighted by molar-refractivity contribution is 6.31. The molecule has 0 aliphatic heterocycles. The van der Waals surface area contributed by atoms with Gasteiger partial charge in [-0.3, -0.25) is 4.79 Å². The summed E-state index contributed by atoms with van der Waals surface area (Å²) < 4.78 is 0. The molecule has 0 radical (unpaired) electrons. The summed E-state index contributed by atoms with van der Waals surface area (Å²) in [6.07, 6.45) is 1.21. The number of carbonyl (C=O) groups is 1. The van der Waals surface area contributed by atoms with Crippen molar-refractivity contribution >= 4 is 17.5 Å². The van der Waals surface area contributed by atoms with E-state index in [4.69, 9.17) is 17.3 Å². The summed E-state index contributed by atoms with van der Waals surface area (Å²) in [6.45, 7) is 4.14. The van der Waals surface area contributed by atoms with Gasteiger partial charge in [-0.1, -0.05) is 54.1 Å². The number of phenols is 1. The molecule has 3 aromatic carbocycles.